The van der Waals surface area contributed by atoms with Gasteiger partial charge >= 0.3 is 0 Å². The molecule has 0 amide bonds. The predicted molar refractivity (Wildman–Crippen MR) is 332 cm³/mol. The van der Waals surface area contributed by atoms with Gasteiger partial charge in [0, 0.05) is 65.3 Å². The van der Waals surface area contributed by atoms with Crippen molar-refractivity contribution < 1.29 is 4.57 Å². The number of benzene rings is 12. The summed E-state index contributed by atoms with van der Waals surface area (Å²) in [6.07, 6.45) is 0. The van der Waals surface area contributed by atoms with E-state index in [1.807, 2.05) is 60.7 Å². The Bertz CT molecular complexity index is 4210. The lowest BCUT2D eigenvalue weighted by Gasteiger charge is -2.35. The van der Waals surface area contributed by atoms with Crippen LogP contribution in [0, 0.1) is 0 Å². The van der Waals surface area contributed by atoms with Crippen LogP contribution in [-0.4, -0.2) is 21.8 Å². The van der Waals surface area contributed by atoms with Crippen molar-refractivity contribution in [2.24, 2.45) is 0 Å². The Labute approximate surface area is 453 Å². The molecule has 368 valence electrons. The quantitative estimate of drug-likeness (QED) is 0.0763. The zero-order valence-electron chi connectivity index (χ0n) is 42.6. The molecule has 3 heterocycles. The molecule has 0 bridgehead atoms. The van der Waals surface area contributed by atoms with Gasteiger partial charge in [-0.3, -0.25) is 0 Å². The molecule has 0 aliphatic carbocycles. The van der Waals surface area contributed by atoms with Crippen LogP contribution < -0.4 is 36.7 Å². The summed E-state index contributed by atoms with van der Waals surface area (Å²) in [6.45, 7) is 0. The smallest absolute Gasteiger partial charge is 0.179 e. The van der Waals surface area contributed by atoms with E-state index >= 15 is 4.57 Å². The van der Waals surface area contributed by atoms with Gasteiger partial charge in [0.05, 0.1) is 33.1 Å². The highest BCUT2D eigenvalue weighted by Gasteiger charge is 2.42. The maximum Gasteiger partial charge on any atom is 0.179 e. The topological polar surface area (TPSA) is 31.9 Å². The molecule has 0 atom stereocenters. The first kappa shape index (κ1) is 45.8. The van der Waals surface area contributed by atoms with E-state index in [1.54, 1.807) is 0 Å². The minimum absolute atomic E-state index is 0.802. The Hall–Kier alpha value is -9.51. The van der Waals surface area contributed by atoms with Crippen molar-refractivity contribution in [3.8, 4) is 17.1 Å². The summed E-state index contributed by atoms with van der Waals surface area (Å²) in [4.78, 5) is 0. The highest BCUT2D eigenvalue weighted by atomic mass is 31.2. The van der Waals surface area contributed by atoms with Crippen LogP contribution in [0.3, 0.4) is 0 Å². The Kier molecular flexibility index (Phi) is 10.8. The van der Waals surface area contributed by atoms with Crippen molar-refractivity contribution >= 4 is 117 Å². The molecule has 12 aromatic carbocycles. The third-order valence-electron chi connectivity index (χ3n) is 16.3. The molecule has 0 aliphatic heterocycles. The molecule has 0 unspecified atom stereocenters. The molecule has 0 aliphatic rings. The second-order valence-corrected chi connectivity index (χ2v) is 26.9. The lowest BCUT2D eigenvalue weighted by molar-refractivity contribution is 0.592. The molecule has 0 N–H and O–H groups in total. The molecule has 0 saturated heterocycles. The zero-order chi connectivity index (χ0) is 51.8. The fourth-order valence-corrected chi connectivity index (χ4v) is 20.1. The van der Waals surface area contributed by atoms with Gasteiger partial charge in [-0.15, -0.1) is 0 Å². The molecular formula is C72H50N3OPSi. The summed E-state index contributed by atoms with van der Waals surface area (Å²) in [5, 5.41) is 14.7. The normalized spacial score (nSPS) is 12.2. The van der Waals surface area contributed by atoms with Gasteiger partial charge in [-0.2, -0.15) is 0 Å². The maximum absolute atomic E-state index is 16.0. The molecule has 0 fully saturated rings. The summed E-state index contributed by atoms with van der Waals surface area (Å²) in [5.41, 5.74) is 10.3. The molecule has 3 aromatic heterocycles. The molecule has 15 aromatic rings. The number of nitrogens with zero attached hydrogens (tertiary/aromatic N) is 3. The minimum atomic E-state index is -3.30. The van der Waals surface area contributed by atoms with E-state index in [4.69, 9.17) is 0 Å². The molecule has 0 saturated carbocycles. The number of hydrogen-bond acceptors (Lipinski definition) is 1. The first-order valence-electron chi connectivity index (χ1n) is 26.7. The average Bonchev–Trinajstić information content (AvgIpc) is 4.22. The van der Waals surface area contributed by atoms with Crippen LogP contribution in [0.25, 0.3) is 82.5 Å². The van der Waals surface area contributed by atoms with Gasteiger partial charge in [0.2, 0.25) is 0 Å². The lowest BCUT2D eigenvalue weighted by Crippen LogP contribution is -2.74. The SMILES string of the molecule is O=P(c1ccccc1)(c1ccccc1)c1ccc([Si](c2ccc(-n3c4ccccc4c4ccccc43)cc2)(c2ccc(-n3c4ccccc4c4ccccc43)cc2)c2ccc(-n3c4ccccc4c4ccccc43)cc2)cc1. The molecule has 0 spiro atoms. The standard InChI is InChI=1S/C72H50N3OPSi/c76-77(54-19-3-1-4-20-54,55-21-5-2-6-22-55)56-41-49-60(50-42-56)78(57-43-35-51(36-44-57)73-67-29-13-7-23-61(67)62-24-8-14-30-68(62)73,58-45-37-52(38-46-58)74-69-31-15-9-25-63(69)64-26-10-16-32-70(64)74)59-47-39-53(40-48-59)75-71-33-17-11-27-65(71)66-28-12-18-34-72(66)75/h1-50H. The summed E-state index contributed by atoms with van der Waals surface area (Å²) in [7, 11) is -6.59. The van der Waals surface area contributed by atoms with Crippen molar-refractivity contribution in [1.29, 1.82) is 0 Å². The van der Waals surface area contributed by atoms with Gasteiger partial charge in [0.25, 0.3) is 0 Å². The van der Waals surface area contributed by atoms with Crippen molar-refractivity contribution in [3.63, 3.8) is 0 Å². The first-order chi connectivity index (χ1) is 38.6. The Morgan fingerprint density at radius 3 is 0.679 bits per heavy atom. The van der Waals surface area contributed by atoms with Gasteiger partial charge in [-0.1, -0.05) is 231 Å². The van der Waals surface area contributed by atoms with E-state index < -0.39 is 15.2 Å². The molecular weight excluding hydrogens is 982 g/mol. The van der Waals surface area contributed by atoms with Gasteiger partial charge in [-0.05, 0) is 93.5 Å². The van der Waals surface area contributed by atoms with Crippen molar-refractivity contribution in [2.75, 3.05) is 0 Å². The fraction of sp³-hybridized carbons (Fsp3) is 0. The Morgan fingerprint density at radius 2 is 0.423 bits per heavy atom. The average molecular weight is 1030 g/mol. The van der Waals surface area contributed by atoms with Crippen molar-refractivity contribution in [3.05, 3.63) is 303 Å². The molecule has 15 rings (SSSR count). The third-order valence-corrected chi connectivity index (χ3v) is 24.2. The monoisotopic (exact) mass is 1030 g/mol. The van der Waals surface area contributed by atoms with Gasteiger partial charge < -0.3 is 18.3 Å². The molecule has 6 heteroatoms. The predicted octanol–water partition coefficient (Wildman–Crippen LogP) is 14.0. The molecule has 0 radical (unpaired) electrons. The number of para-hydroxylation sites is 6. The number of fused-ring (bicyclic) bond motifs is 9. The zero-order valence-corrected chi connectivity index (χ0v) is 44.5. The van der Waals surface area contributed by atoms with Crippen LogP contribution in [0.4, 0.5) is 0 Å². The molecule has 4 nitrogen and oxygen atoms in total. The van der Waals surface area contributed by atoms with Crippen LogP contribution in [0.15, 0.2) is 303 Å². The van der Waals surface area contributed by atoms with Crippen molar-refractivity contribution in [1.82, 2.24) is 13.7 Å². The summed E-state index contributed by atoms with van der Waals surface area (Å²) in [6, 6.07) is 109. The summed E-state index contributed by atoms with van der Waals surface area (Å²) >= 11 is 0. The number of rotatable bonds is 10. The third kappa shape index (κ3) is 6.95. The number of hydrogen-bond donors (Lipinski definition) is 0. The first-order valence-corrected chi connectivity index (χ1v) is 30.4. The summed E-state index contributed by atoms with van der Waals surface area (Å²) in [5.74, 6) is 0. The van der Waals surface area contributed by atoms with Crippen LogP contribution >= 0.6 is 7.14 Å². The summed E-state index contributed by atoms with van der Waals surface area (Å²) < 4.78 is 23.2. The van der Waals surface area contributed by atoms with Crippen LogP contribution in [0.5, 0.6) is 0 Å². The highest BCUT2D eigenvalue weighted by Crippen LogP contribution is 2.42. The Morgan fingerprint density at radius 1 is 0.218 bits per heavy atom. The van der Waals surface area contributed by atoms with E-state index in [2.05, 4.69) is 256 Å². The van der Waals surface area contributed by atoms with E-state index in [1.165, 1.54) is 86.2 Å². The highest BCUT2D eigenvalue weighted by molar-refractivity contribution is 7.85. The fourth-order valence-electron chi connectivity index (χ4n) is 12.8. The second-order valence-electron chi connectivity index (χ2n) is 20.3. The van der Waals surface area contributed by atoms with Crippen LogP contribution in [0.1, 0.15) is 0 Å². The number of aromatic nitrogens is 3. The molecule has 78 heavy (non-hydrogen) atoms. The lowest BCUT2D eigenvalue weighted by atomic mass is 10.2. The van der Waals surface area contributed by atoms with E-state index in [-0.39, 0.29) is 0 Å². The van der Waals surface area contributed by atoms with Gasteiger partial charge in [0.15, 0.2) is 15.2 Å². The maximum atomic E-state index is 16.0. The van der Waals surface area contributed by atoms with E-state index in [0.717, 1.165) is 33.0 Å². The largest absolute Gasteiger partial charge is 0.309 e. The van der Waals surface area contributed by atoms with E-state index in [0.29, 0.717) is 0 Å². The van der Waals surface area contributed by atoms with E-state index in [9.17, 15) is 0 Å². The second kappa shape index (κ2) is 18.4. The minimum Gasteiger partial charge on any atom is -0.309 e. The van der Waals surface area contributed by atoms with Gasteiger partial charge in [-0.25, -0.2) is 0 Å². The van der Waals surface area contributed by atoms with Crippen molar-refractivity contribution in [2.45, 2.75) is 0 Å². The van der Waals surface area contributed by atoms with Crippen LogP contribution in [0.2, 0.25) is 0 Å². The van der Waals surface area contributed by atoms with Gasteiger partial charge in [0.1, 0.15) is 0 Å². The Balaban J connectivity index is 0.985. The van der Waals surface area contributed by atoms with Crippen LogP contribution in [-0.2, 0) is 4.57 Å².